The molecule has 1 saturated heterocycles. The van der Waals surface area contributed by atoms with Gasteiger partial charge >= 0.3 is 5.97 Å². The third-order valence-corrected chi connectivity index (χ3v) is 2.07. The molecule has 1 atom stereocenters. The van der Waals surface area contributed by atoms with E-state index in [-0.39, 0.29) is 11.8 Å². The summed E-state index contributed by atoms with van der Waals surface area (Å²) < 4.78 is 15.7. The van der Waals surface area contributed by atoms with Crippen molar-refractivity contribution in [3.63, 3.8) is 0 Å². The molecule has 0 saturated carbocycles. The van der Waals surface area contributed by atoms with Crippen LogP contribution in [-0.4, -0.2) is 28.6 Å². The highest BCUT2D eigenvalue weighted by molar-refractivity contribution is 5.85. The third kappa shape index (κ3) is 2.00. The summed E-state index contributed by atoms with van der Waals surface area (Å²) >= 11 is 0. The molecule has 6 nitrogen and oxygen atoms in total. The molecule has 1 aromatic heterocycles. The molecule has 6 heteroatoms. The summed E-state index contributed by atoms with van der Waals surface area (Å²) in [5.74, 6) is -1.41. The van der Waals surface area contributed by atoms with Crippen LogP contribution in [-0.2, 0) is 9.47 Å². The Bertz CT molecular complexity index is 384. The van der Waals surface area contributed by atoms with Gasteiger partial charge in [-0.3, -0.25) is 0 Å². The molecular formula is C9H11NO5. The van der Waals surface area contributed by atoms with Crippen LogP contribution < -0.4 is 0 Å². The van der Waals surface area contributed by atoms with Gasteiger partial charge in [0, 0.05) is 6.07 Å². The van der Waals surface area contributed by atoms with Crippen LogP contribution in [0.5, 0.6) is 0 Å². The number of carbonyl (C=O) groups is 1. The van der Waals surface area contributed by atoms with Gasteiger partial charge in [-0.2, -0.15) is 0 Å². The fraction of sp³-hybridized carbons (Fsp3) is 0.556. The van der Waals surface area contributed by atoms with Crippen molar-refractivity contribution in [2.24, 2.45) is 0 Å². The van der Waals surface area contributed by atoms with Crippen LogP contribution in [0.3, 0.4) is 0 Å². The molecule has 1 fully saturated rings. The Morgan fingerprint density at radius 2 is 2.40 bits per heavy atom. The number of aromatic carboxylic acids is 1. The second kappa shape index (κ2) is 3.32. The molecule has 1 aromatic rings. The average molecular weight is 213 g/mol. The van der Waals surface area contributed by atoms with Gasteiger partial charge in [-0.25, -0.2) is 4.79 Å². The monoisotopic (exact) mass is 213 g/mol. The Hall–Kier alpha value is -1.40. The maximum absolute atomic E-state index is 10.6. The number of rotatable bonds is 2. The number of nitrogens with zero attached hydrogens (tertiary/aromatic N) is 1. The number of aromatic nitrogens is 1. The Balaban J connectivity index is 2.14. The molecule has 0 aliphatic carbocycles. The van der Waals surface area contributed by atoms with Gasteiger partial charge in [-0.05, 0) is 13.8 Å². The quantitative estimate of drug-likeness (QED) is 0.794. The molecule has 1 aliphatic heterocycles. The second-order valence-corrected chi connectivity index (χ2v) is 3.74. The summed E-state index contributed by atoms with van der Waals surface area (Å²) in [4.78, 5) is 10.6. The predicted octanol–water partition coefficient (Wildman–Crippen LogP) is 1.20. The van der Waals surface area contributed by atoms with Crippen LogP contribution >= 0.6 is 0 Å². The van der Waals surface area contributed by atoms with Crippen molar-refractivity contribution in [3.05, 3.63) is 17.5 Å². The largest absolute Gasteiger partial charge is 0.476 e. The lowest BCUT2D eigenvalue weighted by Crippen LogP contribution is -2.19. The minimum Gasteiger partial charge on any atom is -0.476 e. The molecule has 0 amide bonds. The highest BCUT2D eigenvalue weighted by Crippen LogP contribution is 2.32. The zero-order chi connectivity index (χ0) is 11.1. The molecule has 1 aliphatic rings. The Labute approximate surface area is 85.8 Å². The first-order valence-corrected chi connectivity index (χ1v) is 4.49. The van der Waals surface area contributed by atoms with Crippen LogP contribution in [0.4, 0.5) is 0 Å². The van der Waals surface area contributed by atoms with Crippen molar-refractivity contribution in [1.29, 1.82) is 0 Å². The van der Waals surface area contributed by atoms with E-state index in [0.29, 0.717) is 12.4 Å². The zero-order valence-electron chi connectivity index (χ0n) is 8.39. The van der Waals surface area contributed by atoms with Crippen molar-refractivity contribution in [2.45, 2.75) is 25.7 Å². The zero-order valence-corrected chi connectivity index (χ0v) is 8.39. The number of carboxylic acids is 1. The maximum Gasteiger partial charge on any atom is 0.358 e. The molecule has 82 valence electrons. The van der Waals surface area contributed by atoms with E-state index < -0.39 is 11.8 Å². The number of hydrogen-bond acceptors (Lipinski definition) is 5. The Morgan fingerprint density at radius 3 is 2.87 bits per heavy atom. The number of ether oxygens (including phenoxy) is 2. The highest BCUT2D eigenvalue weighted by Gasteiger charge is 2.36. The van der Waals surface area contributed by atoms with E-state index in [2.05, 4.69) is 5.16 Å². The van der Waals surface area contributed by atoms with Gasteiger partial charge in [-0.1, -0.05) is 5.16 Å². The SMILES string of the molecule is CC1(C)OCC(c2cc(C(=O)O)no2)O1. The van der Waals surface area contributed by atoms with Crippen molar-refractivity contribution >= 4 is 5.97 Å². The smallest absolute Gasteiger partial charge is 0.358 e. The first kappa shape index (κ1) is 10.1. The number of hydrogen-bond donors (Lipinski definition) is 1. The normalized spacial score (nSPS) is 24.3. The predicted molar refractivity (Wildman–Crippen MR) is 47.3 cm³/mol. The van der Waals surface area contributed by atoms with E-state index in [0.717, 1.165) is 0 Å². The van der Waals surface area contributed by atoms with Crippen LogP contribution in [0.25, 0.3) is 0 Å². The average Bonchev–Trinajstić information content (AvgIpc) is 2.70. The molecule has 0 bridgehead atoms. The summed E-state index contributed by atoms with van der Waals surface area (Å²) in [5.41, 5.74) is -0.127. The summed E-state index contributed by atoms with van der Waals surface area (Å²) in [7, 11) is 0. The molecule has 2 rings (SSSR count). The van der Waals surface area contributed by atoms with Crippen molar-refractivity contribution < 1.29 is 23.9 Å². The lowest BCUT2D eigenvalue weighted by molar-refractivity contribution is -0.141. The van der Waals surface area contributed by atoms with E-state index in [1.807, 2.05) is 0 Å². The summed E-state index contributed by atoms with van der Waals surface area (Å²) in [5, 5.41) is 12.0. The second-order valence-electron chi connectivity index (χ2n) is 3.74. The molecule has 0 spiro atoms. The van der Waals surface area contributed by atoms with Gasteiger partial charge < -0.3 is 19.1 Å². The summed E-state index contributed by atoms with van der Waals surface area (Å²) in [6.45, 7) is 3.89. The van der Waals surface area contributed by atoms with E-state index >= 15 is 0 Å². The maximum atomic E-state index is 10.6. The first-order valence-electron chi connectivity index (χ1n) is 4.49. The van der Waals surface area contributed by atoms with Crippen LogP contribution in [0.1, 0.15) is 36.2 Å². The van der Waals surface area contributed by atoms with Gasteiger partial charge in [0.2, 0.25) is 0 Å². The van der Waals surface area contributed by atoms with Gasteiger partial charge in [0.15, 0.2) is 17.2 Å². The van der Waals surface area contributed by atoms with Crippen LogP contribution in [0.15, 0.2) is 10.6 Å². The molecule has 0 radical (unpaired) electrons. The van der Waals surface area contributed by atoms with Crippen molar-refractivity contribution in [3.8, 4) is 0 Å². The molecule has 15 heavy (non-hydrogen) atoms. The van der Waals surface area contributed by atoms with Gasteiger partial charge in [-0.15, -0.1) is 0 Å². The topological polar surface area (TPSA) is 81.8 Å². The molecule has 1 N–H and O–H groups in total. The Morgan fingerprint density at radius 1 is 1.67 bits per heavy atom. The summed E-state index contributed by atoms with van der Waals surface area (Å²) in [6, 6.07) is 1.34. The molecular weight excluding hydrogens is 202 g/mol. The van der Waals surface area contributed by atoms with Gasteiger partial charge in [0.1, 0.15) is 6.10 Å². The van der Waals surface area contributed by atoms with E-state index in [1.165, 1.54) is 6.07 Å². The third-order valence-electron chi connectivity index (χ3n) is 2.07. The fourth-order valence-electron chi connectivity index (χ4n) is 1.37. The van der Waals surface area contributed by atoms with Crippen molar-refractivity contribution in [2.75, 3.05) is 6.61 Å². The Kier molecular flexibility index (Phi) is 2.24. The molecule has 0 aromatic carbocycles. The van der Waals surface area contributed by atoms with Crippen molar-refractivity contribution in [1.82, 2.24) is 5.16 Å². The van der Waals surface area contributed by atoms with Gasteiger partial charge in [0.05, 0.1) is 6.61 Å². The standard InChI is InChI=1S/C9H11NO5/c1-9(2)13-4-7(14-9)6-3-5(8(11)12)10-15-6/h3,7H,4H2,1-2H3,(H,11,12). The van der Waals surface area contributed by atoms with E-state index in [1.54, 1.807) is 13.8 Å². The van der Waals surface area contributed by atoms with Crippen LogP contribution in [0, 0.1) is 0 Å². The lowest BCUT2D eigenvalue weighted by atomic mass is 10.2. The van der Waals surface area contributed by atoms with Gasteiger partial charge in [0.25, 0.3) is 0 Å². The number of carboxylic acid groups (broad SMARTS) is 1. The molecule has 2 heterocycles. The minimum absolute atomic E-state index is 0.127. The first-order chi connectivity index (χ1) is 6.98. The fourth-order valence-corrected chi connectivity index (χ4v) is 1.37. The van der Waals surface area contributed by atoms with Crippen LogP contribution in [0.2, 0.25) is 0 Å². The highest BCUT2D eigenvalue weighted by atomic mass is 16.7. The molecule has 1 unspecified atom stereocenters. The van der Waals surface area contributed by atoms with E-state index in [4.69, 9.17) is 19.1 Å². The lowest BCUT2D eigenvalue weighted by Gasteiger charge is -2.15. The van der Waals surface area contributed by atoms with E-state index in [9.17, 15) is 4.79 Å². The summed E-state index contributed by atoms with van der Waals surface area (Å²) in [6.07, 6.45) is -0.388. The minimum atomic E-state index is -1.12.